The third-order valence-electron chi connectivity index (χ3n) is 2.29. The maximum absolute atomic E-state index is 13.6. The highest BCUT2D eigenvalue weighted by molar-refractivity contribution is 5.47. The first kappa shape index (κ1) is 12.1. The van der Waals surface area contributed by atoms with Gasteiger partial charge in [-0.2, -0.15) is 0 Å². The molecule has 0 amide bonds. The molecule has 0 radical (unpaired) electrons. The van der Waals surface area contributed by atoms with Crippen LogP contribution in [0, 0.1) is 5.82 Å². The minimum absolute atomic E-state index is 0.0722. The van der Waals surface area contributed by atoms with E-state index < -0.39 is 11.4 Å². The molecule has 7 heteroatoms. The molecule has 0 spiro atoms. The SMILES string of the molecule is NCc1ccc(Oc2nc[nH]c(=O)c2N)c(F)c1. The van der Waals surface area contributed by atoms with Gasteiger partial charge >= 0.3 is 0 Å². The van der Waals surface area contributed by atoms with E-state index in [0.717, 1.165) is 6.33 Å². The van der Waals surface area contributed by atoms with Crippen LogP contribution in [-0.4, -0.2) is 9.97 Å². The van der Waals surface area contributed by atoms with E-state index in [1.54, 1.807) is 6.07 Å². The quantitative estimate of drug-likeness (QED) is 0.744. The molecule has 1 heterocycles. The van der Waals surface area contributed by atoms with E-state index in [0.29, 0.717) is 5.56 Å². The fourth-order valence-electron chi connectivity index (χ4n) is 1.33. The molecular formula is C11H11FN4O2. The van der Waals surface area contributed by atoms with Gasteiger partial charge in [-0.25, -0.2) is 9.37 Å². The second kappa shape index (κ2) is 4.84. The summed E-state index contributed by atoms with van der Waals surface area (Å²) in [6, 6.07) is 4.26. The maximum atomic E-state index is 13.6. The normalized spacial score (nSPS) is 10.3. The van der Waals surface area contributed by atoms with Gasteiger partial charge in [-0.15, -0.1) is 0 Å². The number of anilines is 1. The van der Waals surface area contributed by atoms with E-state index in [-0.39, 0.29) is 23.9 Å². The maximum Gasteiger partial charge on any atom is 0.277 e. The summed E-state index contributed by atoms with van der Waals surface area (Å²) in [5.74, 6) is -0.811. The van der Waals surface area contributed by atoms with Crippen molar-refractivity contribution in [3.63, 3.8) is 0 Å². The van der Waals surface area contributed by atoms with Crippen LogP contribution < -0.4 is 21.8 Å². The summed E-state index contributed by atoms with van der Waals surface area (Å²) >= 11 is 0. The second-order valence-corrected chi connectivity index (χ2v) is 3.52. The van der Waals surface area contributed by atoms with Gasteiger partial charge in [0.15, 0.2) is 17.3 Å². The Balaban J connectivity index is 2.34. The Kier molecular flexibility index (Phi) is 3.24. The summed E-state index contributed by atoms with van der Waals surface area (Å²) in [7, 11) is 0. The predicted molar refractivity (Wildman–Crippen MR) is 63.6 cm³/mol. The molecule has 1 aromatic carbocycles. The minimum atomic E-state index is -0.598. The molecule has 0 saturated heterocycles. The van der Waals surface area contributed by atoms with Gasteiger partial charge in [0, 0.05) is 6.54 Å². The van der Waals surface area contributed by atoms with Crippen molar-refractivity contribution in [3.8, 4) is 11.6 Å². The third kappa shape index (κ3) is 2.30. The first-order valence-corrected chi connectivity index (χ1v) is 5.11. The molecule has 0 fully saturated rings. The van der Waals surface area contributed by atoms with E-state index in [1.165, 1.54) is 12.1 Å². The highest BCUT2D eigenvalue weighted by atomic mass is 19.1. The lowest BCUT2D eigenvalue weighted by molar-refractivity contribution is 0.427. The van der Waals surface area contributed by atoms with Crippen LogP contribution in [0.5, 0.6) is 11.6 Å². The number of nitrogens with one attached hydrogen (secondary N) is 1. The summed E-state index contributed by atoms with van der Waals surface area (Å²) < 4.78 is 18.8. The number of halogens is 1. The van der Waals surface area contributed by atoms with E-state index in [2.05, 4.69) is 9.97 Å². The van der Waals surface area contributed by atoms with Crippen molar-refractivity contribution < 1.29 is 9.13 Å². The lowest BCUT2D eigenvalue weighted by Crippen LogP contribution is -2.13. The van der Waals surface area contributed by atoms with Gasteiger partial charge < -0.3 is 21.2 Å². The van der Waals surface area contributed by atoms with Crippen molar-refractivity contribution in [1.29, 1.82) is 0 Å². The molecule has 0 unspecified atom stereocenters. The van der Waals surface area contributed by atoms with Gasteiger partial charge in [0.1, 0.15) is 0 Å². The average Bonchev–Trinajstić information content (AvgIpc) is 2.37. The standard InChI is InChI=1S/C11H11FN4O2/c12-7-3-6(4-13)1-2-8(7)18-11-9(14)10(17)15-5-16-11/h1-3,5H,4,13-14H2,(H,15,16,17). The number of hydrogen-bond donors (Lipinski definition) is 3. The van der Waals surface area contributed by atoms with Crippen molar-refractivity contribution in [2.45, 2.75) is 6.54 Å². The van der Waals surface area contributed by atoms with E-state index >= 15 is 0 Å². The largest absolute Gasteiger partial charge is 0.434 e. The predicted octanol–water partition coefficient (Wildman–Crippen LogP) is 0.742. The number of nitrogens with zero attached hydrogens (tertiary/aromatic N) is 1. The molecule has 2 aromatic rings. The average molecular weight is 250 g/mol. The van der Waals surface area contributed by atoms with Gasteiger partial charge in [0.25, 0.3) is 5.56 Å². The number of aromatic amines is 1. The summed E-state index contributed by atoms with van der Waals surface area (Å²) in [6.07, 6.45) is 1.13. The highest BCUT2D eigenvalue weighted by Crippen LogP contribution is 2.25. The Hall–Kier alpha value is -2.41. The molecule has 0 aliphatic carbocycles. The number of aromatic nitrogens is 2. The van der Waals surface area contributed by atoms with Crippen molar-refractivity contribution >= 4 is 5.69 Å². The zero-order chi connectivity index (χ0) is 13.1. The van der Waals surface area contributed by atoms with Gasteiger partial charge in [-0.05, 0) is 17.7 Å². The minimum Gasteiger partial charge on any atom is -0.434 e. The molecule has 0 aliphatic heterocycles. The van der Waals surface area contributed by atoms with Crippen LogP contribution in [0.2, 0.25) is 0 Å². The third-order valence-corrected chi connectivity index (χ3v) is 2.29. The zero-order valence-corrected chi connectivity index (χ0v) is 9.31. The number of nitrogen functional groups attached to an aromatic ring is 1. The molecule has 18 heavy (non-hydrogen) atoms. The van der Waals surface area contributed by atoms with Crippen LogP contribution in [0.1, 0.15) is 5.56 Å². The van der Waals surface area contributed by atoms with Gasteiger partial charge in [0.05, 0.1) is 6.33 Å². The molecule has 0 aliphatic rings. The monoisotopic (exact) mass is 250 g/mol. The molecular weight excluding hydrogens is 239 g/mol. The van der Waals surface area contributed by atoms with E-state index in [1.807, 2.05) is 0 Å². The zero-order valence-electron chi connectivity index (χ0n) is 9.31. The van der Waals surface area contributed by atoms with Crippen LogP contribution in [0.3, 0.4) is 0 Å². The number of rotatable bonds is 3. The molecule has 0 saturated carbocycles. The molecule has 6 nitrogen and oxygen atoms in total. The van der Waals surface area contributed by atoms with Crippen molar-refractivity contribution in [1.82, 2.24) is 9.97 Å². The van der Waals surface area contributed by atoms with Crippen LogP contribution in [-0.2, 0) is 6.54 Å². The van der Waals surface area contributed by atoms with E-state index in [9.17, 15) is 9.18 Å². The summed E-state index contributed by atoms with van der Waals surface area (Å²) in [4.78, 5) is 17.2. The first-order chi connectivity index (χ1) is 8.61. The van der Waals surface area contributed by atoms with Crippen LogP contribution >= 0.6 is 0 Å². The van der Waals surface area contributed by atoms with Gasteiger partial charge in [0.2, 0.25) is 5.88 Å². The molecule has 5 N–H and O–H groups in total. The van der Waals surface area contributed by atoms with Crippen molar-refractivity contribution in [2.75, 3.05) is 5.73 Å². The lowest BCUT2D eigenvalue weighted by atomic mass is 10.2. The summed E-state index contributed by atoms with van der Waals surface area (Å²) in [5.41, 5.74) is 10.7. The number of H-pyrrole nitrogens is 1. The first-order valence-electron chi connectivity index (χ1n) is 5.11. The number of nitrogens with two attached hydrogens (primary N) is 2. The molecule has 1 aromatic heterocycles. The van der Waals surface area contributed by atoms with Crippen LogP contribution in [0.4, 0.5) is 10.1 Å². The smallest absolute Gasteiger partial charge is 0.277 e. The molecule has 2 rings (SSSR count). The van der Waals surface area contributed by atoms with Crippen LogP contribution in [0.25, 0.3) is 0 Å². The summed E-state index contributed by atoms with van der Waals surface area (Å²) in [5, 5.41) is 0. The topological polar surface area (TPSA) is 107 Å². The van der Waals surface area contributed by atoms with Crippen molar-refractivity contribution in [3.05, 3.63) is 46.3 Å². The fraction of sp³-hybridized carbons (Fsp3) is 0.0909. The lowest BCUT2D eigenvalue weighted by Gasteiger charge is -2.07. The Morgan fingerprint density at radius 3 is 2.89 bits per heavy atom. The van der Waals surface area contributed by atoms with Gasteiger partial charge in [-0.1, -0.05) is 6.07 Å². The Labute approximate surface area is 101 Å². The molecule has 0 bridgehead atoms. The summed E-state index contributed by atoms with van der Waals surface area (Å²) in [6.45, 7) is 0.225. The van der Waals surface area contributed by atoms with E-state index in [4.69, 9.17) is 16.2 Å². The Morgan fingerprint density at radius 1 is 1.44 bits per heavy atom. The number of ether oxygens (including phenoxy) is 1. The van der Waals surface area contributed by atoms with Crippen molar-refractivity contribution in [2.24, 2.45) is 5.73 Å². The van der Waals surface area contributed by atoms with Gasteiger partial charge in [-0.3, -0.25) is 4.79 Å². The fourth-order valence-corrected chi connectivity index (χ4v) is 1.33. The number of benzene rings is 1. The number of hydrogen-bond acceptors (Lipinski definition) is 5. The highest BCUT2D eigenvalue weighted by Gasteiger charge is 2.10. The Bertz CT molecular complexity index is 627. The molecule has 94 valence electrons. The second-order valence-electron chi connectivity index (χ2n) is 3.52. The van der Waals surface area contributed by atoms with Crippen LogP contribution in [0.15, 0.2) is 29.3 Å². The molecule has 0 atom stereocenters. The Morgan fingerprint density at radius 2 is 2.22 bits per heavy atom.